The van der Waals surface area contributed by atoms with Gasteiger partial charge < -0.3 is 10.1 Å². The number of ether oxygens (including phenoxy) is 1. The van der Waals surface area contributed by atoms with Crippen LogP contribution in [0.3, 0.4) is 0 Å². The van der Waals surface area contributed by atoms with E-state index >= 15 is 0 Å². The second-order valence-electron chi connectivity index (χ2n) is 5.54. The van der Waals surface area contributed by atoms with E-state index in [0.717, 1.165) is 39.1 Å². The lowest BCUT2D eigenvalue weighted by Crippen LogP contribution is -2.52. The van der Waals surface area contributed by atoms with Gasteiger partial charge in [-0.05, 0) is 54.7 Å². The van der Waals surface area contributed by atoms with Crippen molar-refractivity contribution in [1.82, 2.24) is 10.2 Å². The number of morpholine rings is 1. The molecule has 1 N–H and O–H groups in total. The molecule has 3 nitrogen and oxygen atoms in total. The van der Waals surface area contributed by atoms with Crippen molar-refractivity contribution >= 4 is 11.3 Å². The van der Waals surface area contributed by atoms with E-state index in [2.05, 4.69) is 40.9 Å². The maximum absolute atomic E-state index is 6.04. The summed E-state index contributed by atoms with van der Waals surface area (Å²) in [6.45, 7) is 9.70. The summed E-state index contributed by atoms with van der Waals surface area (Å²) in [4.78, 5) is 2.54. The maximum atomic E-state index is 6.04. The fourth-order valence-corrected chi connectivity index (χ4v) is 3.64. The van der Waals surface area contributed by atoms with E-state index in [-0.39, 0.29) is 0 Å². The topological polar surface area (TPSA) is 24.5 Å². The van der Waals surface area contributed by atoms with E-state index in [1.807, 2.05) is 0 Å². The average molecular weight is 296 g/mol. The van der Waals surface area contributed by atoms with Crippen molar-refractivity contribution in [3.8, 4) is 0 Å². The summed E-state index contributed by atoms with van der Waals surface area (Å²) in [5.74, 6) is 0. The smallest absolute Gasteiger partial charge is 0.0855 e. The van der Waals surface area contributed by atoms with Crippen LogP contribution in [0.15, 0.2) is 16.8 Å². The molecule has 114 valence electrons. The van der Waals surface area contributed by atoms with Crippen LogP contribution in [-0.2, 0) is 11.2 Å². The van der Waals surface area contributed by atoms with E-state index in [9.17, 15) is 0 Å². The van der Waals surface area contributed by atoms with Gasteiger partial charge >= 0.3 is 0 Å². The van der Waals surface area contributed by atoms with Crippen LogP contribution in [0.1, 0.15) is 32.3 Å². The molecule has 0 aliphatic carbocycles. The monoisotopic (exact) mass is 296 g/mol. The molecule has 0 spiro atoms. The number of nitrogens with zero attached hydrogens (tertiary/aromatic N) is 1. The van der Waals surface area contributed by atoms with E-state index in [4.69, 9.17) is 4.74 Å². The number of thiophene rings is 1. The van der Waals surface area contributed by atoms with Crippen LogP contribution < -0.4 is 5.32 Å². The standard InChI is InChI=1S/C16H28N2OS/c1-3-8-18-9-10-19-16(12-18)15(17-4-2)6-5-14-7-11-20-13-14/h7,11,13,15-17H,3-6,8-10,12H2,1-2H3. The van der Waals surface area contributed by atoms with Gasteiger partial charge in [0.2, 0.25) is 0 Å². The lowest BCUT2D eigenvalue weighted by molar-refractivity contribution is -0.0472. The van der Waals surface area contributed by atoms with Gasteiger partial charge in [-0.1, -0.05) is 13.8 Å². The number of rotatable bonds is 8. The number of aryl methyl sites for hydroxylation is 1. The first-order valence-electron chi connectivity index (χ1n) is 7.91. The van der Waals surface area contributed by atoms with Crippen molar-refractivity contribution in [1.29, 1.82) is 0 Å². The Morgan fingerprint density at radius 1 is 1.50 bits per heavy atom. The zero-order valence-corrected chi connectivity index (χ0v) is 13.6. The second-order valence-corrected chi connectivity index (χ2v) is 6.32. The summed E-state index contributed by atoms with van der Waals surface area (Å²) in [5.41, 5.74) is 1.46. The van der Waals surface area contributed by atoms with Crippen molar-refractivity contribution in [2.24, 2.45) is 0 Å². The van der Waals surface area contributed by atoms with Gasteiger partial charge in [-0.2, -0.15) is 11.3 Å². The molecule has 0 radical (unpaired) electrons. The number of hydrogen-bond donors (Lipinski definition) is 1. The Hall–Kier alpha value is -0.420. The average Bonchev–Trinajstić information content (AvgIpc) is 2.97. The Morgan fingerprint density at radius 2 is 2.40 bits per heavy atom. The predicted octanol–water partition coefficient (Wildman–Crippen LogP) is 2.77. The van der Waals surface area contributed by atoms with Crippen LogP contribution in [0.5, 0.6) is 0 Å². The molecule has 0 bridgehead atoms. The Morgan fingerprint density at radius 3 is 3.10 bits per heavy atom. The molecule has 1 saturated heterocycles. The minimum atomic E-state index is 0.342. The fraction of sp³-hybridized carbons (Fsp3) is 0.750. The van der Waals surface area contributed by atoms with Crippen LogP contribution in [0.4, 0.5) is 0 Å². The highest BCUT2D eigenvalue weighted by molar-refractivity contribution is 7.07. The van der Waals surface area contributed by atoms with Crippen molar-refractivity contribution in [2.75, 3.05) is 32.8 Å². The van der Waals surface area contributed by atoms with Crippen molar-refractivity contribution in [3.63, 3.8) is 0 Å². The molecule has 2 atom stereocenters. The van der Waals surface area contributed by atoms with Crippen LogP contribution in [0, 0.1) is 0 Å². The predicted molar refractivity (Wildman–Crippen MR) is 86.6 cm³/mol. The van der Waals surface area contributed by atoms with Gasteiger partial charge in [0.1, 0.15) is 0 Å². The quantitative estimate of drug-likeness (QED) is 0.798. The molecule has 0 aromatic carbocycles. The van der Waals surface area contributed by atoms with Crippen molar-refractivity contribution < 1.29 is 4.74 Å². The van der Waals surface area contributed by atoms with Crippen molar-refractivity contribution in [2.45, 2.75) is 45.3 Å². The van der Waals surface area contributed by atoms with Gasteiger partial charge in [0.05, 0.1) is 12.7 Å². The molecule has 1 fully saturated rings. The van der Waals surface area contributed by atoms with E-state index in [1.54, 1.807) is 11.3 Å². The van der Waals surface area contributed by atoms with Gasteiger partial charge in [0.15, 0.2) is 0 Å². The van der Waals surface area contributed by atoms with Gasteiger partial charge in [0, 0.05) is 19.1 Å². The molecule has 4 heteroatoms. The van der Waals surface area contributed by atoms with Gasteiger partial charge in [-0.15, -0.1) is 0 Å². The molecular formula is C16H28N2OS. The summed E-state index contributed by atoms with van der Waals surface area (Å²) in [7, 11) is 0. The molecule has 1 aliphatic rings. The SMILES string of the molecule is CCCN1CCOC(C(CCc2ccsc2)NCC)C1. The zero-order valence-electron chi connectivity index (χ0n) is 12.8. The first-order chi connectivity index (χ1) is 9.83. The zero-order chi connectivity index (χ0) is 14.2. The highest BCUT2D eigenvalue weighted by Gasteiger charge is 2.27. The van der Waals surface area contributed by atoms with Crippen molar-refractivity contribution in [3.05, 3.63) is 22.4 Å². The van der Waals surface area contributed by atoms with Gasteiger partial charge in [0.25, 0.3) is 0 Å². The highest BCUT2D eigenvalue weighted by Crippen LogP contribution is 2.16. The first-order valence-corrected chi connectivity index (χ1v) is 8.86. The Bertz CT molecular complexity index is 353. The minimum absolute atomic E-state index is 0.342. The summed E-state index contributed by atoms with van der Waals surface area (Å²) in [5, 5.41) is 8.05. The third-order valence-corrected chi connectivity index (χ3v) is 4.69. The molecule has 2 heterocycles. The van der Waals surface area contributed by atoms with Crippen LogP contribution in [0.2, 0.25) is 0 Å². The Labute approximate surface area is 127 Å². The molecule has 1 aromatic rings. The van der Waals surface area contributed by atoms with Gasteiger partial charge in [-0.3, -0.25) is 4.90 Å². The molecule has 1 aromatic heterocycles. The summed E-state index contributed by atoms with van der Waals surface area (Å²) >= 11 is 1.79. The normalized spacial score (nSPS) is 22.0. The third kappa shape index (κ3) is 4.85. The van der Waals surface area contributed by atoms with Crippen LogP contribution in [-0.4, -0.2) is 49.8 Å². The molecular weight excluding hydrogens is 268 g/mol. The molecule has 1 aliphatic heterocycles. The van der Waals surface area contributed by atoms with E-state index < -0.39 is 0 Å². The van der Waals surface area contributed by atoms with Crippen LogP contribution >= 0.6 is 11.3 Å². The molecule has 2 unspecified atom stereocenters. The largest absolute Gasteiger partial charge is 0.374 e. The first kappa shape index (κ1) is 16.0. The lowest BCUT2D eigenvalue weighted by atomic mass is 10.0. The van der Waals surface area contributed by atoms with Gasteiger partial charge in [-0.25, -0.2) is 0 Å². The molecule has 2 rings (SSSR count). The summed E-state index contributed by atoms with van der Waals surface area (Å²) in [6.07, 6.45) is 3.88. The maximum Gasteiger partial charge on any atom is 0.0855 e. The van der Waals surface area contributed by atoms with E-state index in [0.29, 0.717) is 12.1 Å². The minimum Gasteiger partial charge on any atom is -0.374 e. The Balaban J connectivity index is 1.86. The summed E-state index contributed by atoms with van der Waals surface area (Å²) < 4.78 is 6.04. The van der Waals surface area contributed by atoms with E-state index in [1.165, 1.54) is 18.5 Å². The highest BCUT2D eigenvalue weighted by atomic mass is 32.1. The third-order valence-electron chi connectivity index (χ3n) is 3.96. The summed E-state index contributed by atoms with van der Waals surface area (Å²) in [6, 6.07) is 2.71. The number of likely N-dealkylation sites (N-methyl/N-ethyl adjacent to an activating group) is 1. The molecule has 20 heavy (non-hydrogen) atoms. The molecule has 0 amide bonds. The lowest BCUT2D eigenvalue weighted by Gasteiger charge is -2.37. The second kappa shape index (κ2) is 8.78. The molecule has 0 saturated carbocycles. The fourth-order valence-electron chi connectivity index (χ4n) is 2.93. The van der Waals surface area contributed by atoms with Crippen LogP contribution in [0.25, 0.3) is 0 Å². The number of nitrogens with one attached hydrogen (secondary N) is 1. The Kier molecular flexibility index (Phi) is 7.00. The number of hydrogen-bond acceptors (Lipinski definition) is 4.